The summed E-state index contributed by atoms with van der Waals surface area (Å²) in [5.41, 5.74) is 5.24. The Hall–Kier alpha value is -1.31. The van der Waals surface area contributed by atoms with Gasteiger partial charge >= 0.3 is 12.1 Å². The van der Waals surface area contributed by atoms with Crippen LogP contribution in [0.15, 0.2) is 0 Å². The Morgan fingerprint density at radius 3 is 2.62 bits per heavy atom. The molecule has 8 heteroatoms. The topological polar surface area (TPSA) is 79.4 Å². The number of nitrogens with one attached hydrogen (secondary N) is 1. The normalized spacial score (nSPS) is 22.8. The van der Waals surface area contributed by atoms with E-state index in [0.29, 0.717) is 12.8 Å². The third-order valence-electron chi connectivity index (χ3n) is 2.27. The zero-order chi connectivity index (χ0) is 12.3. The van der Waals surface area contributed by atoms with Gasteiger partial charge in [0.15, 0.2) is 0 Å². The maximum atomic E-state index is 11.9. The molecule has 0 spiro atoms. The van der Waals surface area contributed by atoms with E-state index >= 15 is 0 Å². The zero-order valence-corrected chi connectivity index (χ0v) is 8.38. The van der Waals surface area contributed by atoms with Crippen LogP contribution in [0, 0.1) is 11.3 Å². The van der Waals surface area contributed by atoms with E-state index in [1.807, 2.05) is 0 Å². The minimum atomic E-state index is -5.00. The van der Waals surface area contributed by atoms with Crippen LogP contribution >= 0.6 is 0 Å². The van der Waals surface area contributed by atoms with Crippen LogP contribution in [0.2, 0.25) is 0 Å². The Kier molecular flexibility index (Phi) is 3.74. The molecule has 3 N–H and O–H groups in total. The van der Waals surface area contributed by atoms with Gasteiger partial charge in [0, 0.05) is 19.0 Å². The first-order valence-corrected chi connectivity index (χ1v) is 4.68. The predicted molar refractivity (Wildman–Crippen MR) is 48.4 cm³/mol. The van der Waals surface area contributed by atoms with Crippen LogP contribution in [-0.2, 0) is 9.63 Å². The van der Waals surface area contributed by atoms with Gasteiger partial charge in [-0.2, -0.15) is 13.2 Å². The molecule has 16 heavy (non-hydrogen) atoms. The molecule has 1 heterocycles. The molecule has 0 aliphatic carbocycles. The summed E-state index contributed by atoms with van der Waals surface area (Å²) in [6.45, 7) is 0.267. The van der Waals surface area contributed by atoms with Gasteiger partial charge in [0.05, 0.1) is 5.84 Å². The summed E-state index contributed by atoms with van der Waals surface area (Å²) in [4.78, 5) is 14.7. The minimum Gasteiger partial charge on any atom is -0.387 e. The Morgan fingerprint density at radius 2 is 2.12 bits per heavy atom. The number of rotatable bonds is 2. The number of piperidine rings is 1. The average molecular weight is 239 g/mol. The Balaban J connectivity index is 2.49. The fraction of sp³-hybridized carbons (Fsp3) is 0.750. The highest BCUT2D eigenvalue weighted by molar-refractivity contribution is 5.80. The lowest BCUT2D eigenvalue weighted by Gasteiger charge is -2.30. The minimum absolute atomic E-state index is 0.0388. The number of carbonyl (C=O) groups excluding carboxylic acids is 1. The molecule has 0 bridgehead atoms. The van der Waals surface area contributed by atoms with Crippen molar-refractivity contribution in [3.8, 4) is 0 Å². The van der Waals surface area contributed by atoms with Crippen LogP contribution in [0.4, 0.5) is 13.2 Å². The lowest BCUT2D eigenvalue weighted by atomic mass is 9.98. The molecule has 0 saturated carbocycles. The number of alkyl halides is 3. The summed E-state index contributed by atoms with van der Waals surface area (Å²) in [6.07, 6.45) is -3.84. The number of nitrogens with two attached hydrogens (primary N) is 1. The lowest BCUT2D eigenvalue weighted by Crippen LogP contribution is -2.43. The summed E-state index contributed by atoms with van der Waals surface area (Å²) in [5.74, 6) is -2.70. The van der Waals surface area contributed by atoms with Gasteiger partial charge in [-0.25, -0.2) is 4.79 Å². The maximum absolute atomic E-state index is 11.9. The van der Waals surface area contributed by atoms with Crippen LogP contribution in [0.3, 0.4) is 0 Å². The van der Waals surface area contributed by atoms with Crippen molar-refractivity contribution in [1.29, 1.82) is 5.41 Å². The van der Waals surface area contributed by atoms with E-state index in [0.717, 1.165) is 5.06 Å². The van der Waals surface area contributed by atoms with Crippen LogP contribution < -0.4 is 5.73 Å². The molecule has 0 aromatic heterocycles. The van der Waals surface area contributed by atoms with Crippen molar-refractivity contribution in [3.05, 3.63) is 0 Å². The third kappa shape index (κ3) is 3.37. The molecule has 5 nitrogen and oxygen atoms in total. The van der Waals surface area contributed by atoms with Crippen molar-refractivity contribution < 1.29 is 22.8 Å². The van der Waals surface area contributed by atoms with E-state index in [2.05, 4.69) is 4.84 Å². The van der Waals surface area contributed by atoms with E-state index < -0.39 is 12.1 Å². The van der Waals surface area contributed by atoms with Gasteiger partial charge in [-0.15, -0.1) is 5.06 Å². The van der Waals surface area contributed by atoms with Crippen molar-refractivity contribution in [1.82, 2.24) is 5.06 Å². The number of hydroxylamine groups is 2. The summed E-state index contributed by atoms with van der Waals surface area (Å²) < 4.78 is 35.7. The Bertz CT molecular complexity index is 293. The van der Waals surface area contributed by atoms with Crippen LogP contribution in [-0.4, -0.2) is 36.1 Å². The Labute approximate surface area is 89.8 Å². The van der Waals surface area contributed by atoms with Gasteiger partial charge < -0.3 is 10.6 Å². The molecule has 0 aromatic carbocycles. The highest BCUT2D eigenvalue weighted by Gasteiger charge is 2.43. The number of carbonyl (C=O) groups is 1. The number of nitrogens with zero attached hydrogens (tertiary/aromatic N) is 1. The van der Waals surface area contributed by atoms with Gasteiger partial charge in [0.2, 0.25) is 0 Å². The second kappa shape index (κ2) is 4.69. The molecular weight excluding hydrogens is 227 g/mol. The number of halogens is 3. The molecule has 1 aliphatic heterocycles. The van der Waals surface area contributed by atoms with E-state index in [9.17, 15) is 18.0 Å². The van der Waals surface area contributed by atoms with Crippen LogP contribution in [0.25, 0.3) is 0 Å². The highest BCUT2D eigenvalue weighted by atomic mass is 19.4. The van der Waals surface area contributed by atoms with Gasteiger partial charge in [-0.1, -0.05) is 0 Å². The summed E-state index contributed by atoms with van der Waals surface area (Å²) in [5, 5.41) is 8.08. The first kappa shape index (κ1) is 12.8. The van der Waals surface area contributed by atoms with E-state index in [1.165, 1.54) is 0 Å². The first-order valence-electron chi connectivity index (χ1n) is 4.68. The highest BCUT2D eigenvalue weighted by Crippen LogP contribution is 2.21. The molecule has 1 unspecified atom stereocenters. The van der Waals surface area contributed by atoms with Gasteiger partial charge in [0.1, 0.15) is 0 Å². The van der Waals surface area contributed by atoms with E-state index in [1.54, 1.807) is 0 Å². The molecule has 1 fully saturated rings. The largest absolute Gasteiger partial charge is 0.492 e. The van der Waals surface area contributed by atoms with Gasteiger partial charge in [-0.05, 0) is 12.8 Å². The molecule has 1 saturated heterocycles. The second-order valence-corrected chi connectivity index (χ2v) is 3.56. The fourth-order valence-corrected chi connectivity index (χ4v) is 1.45. The monoisotopic (exact) mass is 239 g/mol. The quantitative estimate of drug-likeness (QED) is 0.548. The lowest BCUT2D eigenvalue weighted by molar-refractivity contribution is -0.242. The molecule has 1 aliphatic rings. The molecule has 0 aromatic rings. The first-order chi connectivity index (χ1) is 7.30. The molecular formula is C8H12F3N3O2. The Morgan fingerprint density at radius 1 is 1.50 bits per heavy atom. The standard InChI is InChI=1S/C8H12F3N3O2/c9-8(10,11)7(15)16-14-3-1-2-5(4-14)6(12)13/h5H,1-4H2,(H3,12,13). The number of hydrogen-bond donors (Lipinski definition) is 2. The number of amidine groups is 1. The van der Waals surface area contributed by atoms with E-state index in [-0.39, 0.29) is 24.8 Å². The predicted octanol–water partition coefficient (Wildman–Crippen LogP) is 0.655. The molecule has 0 radical (unpaired) electrons. The van der Waals surface area contributed by atoms with Crippen molar-refractivity contribution in [2.45, 2.75) is 19.0 Å². The van der Waals surface area contributed by atoms with Gasteiger partial charge in [0.25, 0.3) is 0 Å². The molecule has 92 valence electrons. The summed E-state index contributed by atoms with van der Waals surface area (Å²) >= 11 is 0. The zero-order valence-electron chi connectivity index (χ0n) is 8.38. The van der Waals surface area contributed by atoms with Crippen molar-refractivity contribution >= 4 is 11.8 Å². The van der Waals surface area contributed by atoms with Crippen LogP contribution in [0.1, 0.15) is 12.8 Å². The maximum Gasteiger partial charge on any atom is 0.492 e. The molecule has 1 rings (SSSR count). The third-order valence-corrected chi connectivity index (χ3v) is 2.27. The van der Waals surface area contributed by atoms with Crippen molar-refractivity contribution in [3.63, 3.8) is 0 Å². The smallest absolute Gasteiger partial charge is 0.387 e. The van der Waals surface area contributed by atoms with E-state index in [4.69, 9.17) is 11.1 Å². The molecule has 0 amide bonds. The van der Waals surface area contributed by atoms with Crippen LogP contribution in [0.5, 0.6) is 0 Å². The summed E-state index contributed by atoms with van der Waals surface area (Å²) in [7, 11) is 0. The van der Waals surface area contributed by atoms with Gasteiger partial charge in [-0.3, -0.25) is 5.41 Å². The second-order valence-electron chi connectivity index (χ2n) is 3.56. The van der Waals surface area contributed by atoms with Crippen molar-refractivity contribution in [2.24, 2.45) is 11.7 Å². The molecule has 1 atom stereocenters. The average Bonchev–Trinajstić information content (AvgIpc) is 2.16. The summed E-state index contributed by atoms with van der Waals surface area (Å²) in [6, 6.07) is 0. The van der Waals surface area contributed by atoms with Crippen molar-refractivity contribution in [2.75, 3.05) is 13.1 Å². The SMILES string of the molecule is N=C(N)C1CCCN(OC(=O)C(F)(F)F)C1. The number of hydrogen-bond acceptors (Lipinski definition) is 4. The fourth-order valence-electron chi connectivity index (χ4n) is 1.45.